The van der Waals surface area contributed by atoms with E-state index in [1.54, 1.807) is 6.07 Å². The van der Waals surface area contributed by atoms with E-state index in [0.717, 1.165) is 4.68 Å². The Morgan fingerprint density at radius 2 is 2.32 bits per heavy atom. The first kappa shape index (κ1) is 16.0. The first-order valence-corrected chi connectivity index (χ1v) is 7.43. The summed E-state index contributed by atoms with van der Waals surface area (Å²) < 4.78 is 10.4. The highest BCUT2D eigenvalue weighted by molar-refractivity contribution is 7.13. The normalized spacial score (nSPS) is 10.4. The van der Waals surface area contributed by atoms with Gasteiger partial charge in [0.1, 0.15) is 6.54 Å². The van der Waals surface area contributed by atoms with Crippen molar-refractivity contribution in [2.24, 2.45) is 0 Å². The van der Waals surface area contributed by atoms with Gasteiger partial charge in [-0.3, -0.25) is 9.59 Å². The SMILES string of the molecule is COC(=O)CCCNC(=O)Cn1nc(-c2cccs2)oc1=O. The van der Waals surface area contributed by atoms with E-state index >= 15 is 0 Å². The van der Waals surface area contributed by atoms with Crippen molar-refractivity contribution in [1.29, 1.82) is 0 Å². The summed E-state index contributed by atoms with van der Waals surface area (Å²) >= 11 is 1.39. The van der Waals surface area contributed by atoms with Gasteiger partial charge >= 0.3 is 11.7 Å². The highest BCUT2D eigenvalue weighted by Crippen LogP contribution is 2.20. The van der Waals surface area contributed by atoms with Gasteiger partial charge in [0, 0.05) is 13.0 Å². The lowest BCUT2D eigenvalue weighted by Gasteiger charge is -2.03. The molecule has 0 saturated heterocycles. The Balaban J connectivity index is 1.84. The van der Waals surface area contributed by atoms with Crippen molar-refractivity contribution in [2.45, 2.75) is 19.4 Å². The lowest BCUT2D eigenvalue weighted by atomic mass is 10.3. The van der Waals surface area contributed by atoms with Crippen LogP contribution in [0.2, 0.25) is 0 Å². The minimum Gasteiger partial charge on any atom is -0.469 e. The molecule has 0 saturated carbocycles. The van der Waals surface area contributed by atoms with Crippen LogP contribution in [0.25, 0.3) is 10.8 Å². The third-order valence-electron chi connectivity index (χ3n) is 2.74. The number of ether oxygens (including phenoxy) is 1. The Labute approximate surface area is 129 Å². The molecule has 0 radical (unpaired) electrons. The molecule has 0 bridgehead atoms. The first-order chi connectivity index (χ1) is 10.6. The van der Waals surface area contributed by atoms with Crippen molar-refractivity contribution in [3.8, 4) is 10.8 Å². The second-order valence-corrected chi connectivity index (χ2v) is 5.29. The topological polar surface area (TPSA) is 103 Å². The summed E-state index contributed by atoms with van der Waals surface area (Å²) in [5.41, 5.74) is 0. The average Bonchev–Trinajstić information content (AvgIpc) is 3.14. The number of esters is 1. The van der Waals surface area contributed by atoms with E-state index in [1.807, 2.05) is 11.4 Å². The Bertz CT molecular complexity index is 689. The Hall–Kier alpha value is -2.42. The molecule has 0 aromatic carbocycles. The fourth-order valence-corrected chi connectivity index (χ4v) is 2.30. The summed E-state index contributed by atoms with van der Waals surface area (Å²) in [5, 5.41) is 8.41. The van der Waals surface area contributed by atoms with E-state index in [-0.39, 0.29) is 30.7 Å². The van der Waals surface area contributed by atoms with Crippen LogP contribution in [0, 0.1) is 0 Å². The molecule has 9 heteroatoms. The van der Waals surface area contributed by atoms with Crippen LogP contribution < -0.4 is 11.1 Å². The largest absolute Gasteiger partial charge is 0.469 e. The number of amides is 1. The number of rotatable bonds is 7. The molecule has 2 rings (SSSR count). The zero-order valence-electron chi connectivity index (χ0n) is 11.9. The molecule has 118 valence electrons. The molecule has 0 aliphatic carbocycles. The molecule has 2 aromatic rings. The maximum absolute atomic E-state index is 11.7. The summed E-state index contributed by atoms with van der Waals surface area (Å²) in [4.78, 5) is 35.0. The number of carbonyl (C=O) groups is 2. The van der Waals surface area contributed by atoms with Gasteiger partial charge in [-0.05, 0) is 17.9 Å². The van der Waals surface area contributed by atoms with Crippen molar-refractivity contribution in [2.75, 3.05) is 13.7 Å². The highest BCUT2D eigenvalue weighted by Gasteiger charge is 2.13. The molecule has 8 nitrogen and oxygen atoms in total. The van der Waals surface area contributed by atoms with Crippen LogP contribution in [0.1, 0.15) is 12.8 Å². The zero-order valence-corrected chi connectivity index (χ0v) is 12.7. The minimum atomic E-state index is -0.687. The third-order valence-corrected chi connectivity index (χ3v) is 3.60. The highest BCUT2D eigenvalue weighted by atomic mass is 32.1. The van der Waals surface area contributed by atoms with Crippen molar-refractivity contribution in [3.63, 3.8) is 0 Å². The Morgan fingerprint density at radius 3 is 3.00 bits per heavy atom. The fourth-order valence-electron chi connectivity index (χ4n) is 1.66. The predicted octanol–water partition coefficient (Wildman–Crippen LogP) is 0.634. The molecule has 0 spiro atoms. The van der Waals surface area contributed by atoms with Crippen LogP contribution in [0.4, 0.5) is 0 Å². The van der Waals surface area contributed by atoms with Gasteiger partial charge in [0.15, 0.2) is 0 Å². The monoisotopic (exact) mass is 325 g/mol. The Kier molecular flexibility index (Phi) is 5.48. The summed E-state index contributed by atoms with van der Waals surface area (Å²) in [7, 11) is 1.31. The molecular weight excluding hydrogens is 310 g/mol. The van der Waals surface area contributed by atoms with Gasteiger partial charge in [-0.25, -0.2) is 4.79 Å². The van der Waals surface area contributed by atoms with Crippen LogP contribution >= 0.6 is 11.3 Å². The zero-order chi connectivity index (χ0) is 15.9. The average molecular weight is 325 g/mol. The van der Waals surface area contributed by atoms with E-state index < -0.39 is 5.76 Å². The minimum absolute atomic E-state index is 0.193. The van der Waals surface area contributed by atoms with Gasteiger partial charge < -0.3 is 14.5 Å². The van der Waals surface area contributed by atoms with Crippen molar-refractivity contribution in [1.82, 2.24) is 15.1 Å². The van der Waals surface area contributed by atoms with Crippen LogP contribution in [0.15, 0.2) is 26.7 Å². The van der Waals surface area contributed by atoms with Crippen molar-refractivity contribution < 1.29 is 18.7 Å². The van der Waals surface area contributed by atoms with Gasteiger partial charge in [0.25, 0.3) is 5.89 Å². The number of carbonyl (C=O) groups excluding carboxylic acids is 2. The molecule has 1 N–H and O–H groups in total. The second-order valence-electron chi connectivity index (χ2n) is 4.34. The van der Waals surface area contributed by atoms with Crippen LogP contribution in [-0.4, -0.2) is 35.3 Å². The number of nitrogens with one attached hydrogen (secondary N) is 1. The smallest absolute Gasteiger partial charge is 0.437 e. The number of hydrogen-bond donors (Lipinski definition) is 1. The summed E-state index contributed by atoms with van der Waals surface area (Å²) in [6.07, 6.45) is 0.690. The van der Waals surface area contributed by atoms with Gasteiger partial charge in [-0.1, -0.05) is 6.07 Å². The predicted molar refractivity (Wildman–Crippen MR) is 78.3 cm³/mol. The molecule has 0 aliphatic rings. The number of nitrogens with zero attached hydrogens (tertiary/aromatic N) is 2. The maximum atomic E-state index is 11.7. The van der Waals surface area contributed by atoms with Crippen molar-refractivity contribution >= 4 is 23.2 Å². The Morgan fingerprint density at radius 1 is 1.50 bits per heavy atom. The van der Waals surface area contributed by atoms with E-state index in [9.17, 15) is 14.4 Å². The van der Waals surface area contributed by atoms with E-state index in [4.69, 9.17) is 4.42 Å². The number of aromatic nitrogens is 2. The molecule has 2 aromatic heterocycles. The van der Waals surface area contributed by atoms with Crippen molar-refractivity contribution in [3.05, 3.63) is 28.1 Å². The quantitative estimate of drug-likeness (QED) is 0.592. The number of methoxy groups -OCH3 is 1. The lowest BCUT2D eigenvalue weighted by molar-refractivity contribution is -0.140. The molecular formula is C13H15N3O5S. The molecule has 22 heavy (non-hydrogen) atoms. The second kappa shape index (κ2) is 7.55. The van der Waals surface area contributed by atoms with E-state index in [0.29, 0.717) is 17.8 Å². The van der Waals surface area contributed by atoms with Gasteiger partial charge in [-0.2, -0.15) is 4.68 Å². The summed E-state index contributed by atoms with van der Waals surface area (Å²) in [5.74, 6) is -1.20. The standard InChI is InChI=1S/C13H15N3O5S/c1-20-11(18)5-2-6-14-10(17)8-16-13(19)21-12(15-16)9-4-3-7-22-9/h3-4,7H,2,5-6,8H2,1H3,(H,14,17). The molecule has 0 aliphatic heterocycles. The van der Waals surface area contributed by atoms with Crippen LogP contribution in [0.3, 0.4) is 0 Å². The fraction of sp³-hybridized carbons (Fsp3) is 0.385. The van der Waals surface area contributed by atoms with E-state index in [2.05, 4.69) is 15.2 Å². The van der Waals surface area contributed by atoms with Gasteiger partial charge in [0.05, 0.1) is 12.0 Å². The first-order valence-electron chi connectivity index (χ1n) is 6.55. The number of thiophene rings is 1. The summed E-state index contributed by atoms with van der Waals surface area (Å²) in [6.45, 7) is 0.0875. The number of hydrogen-bond acceptors (Lipinski definition) is 7. The van der Waals surface area contributed by atoms with Crippen LogP contribution in [-0.2, 0) is 20.9 Å². The molecule has 1 amide bonds. The molecule has 2 heterocycles. The van der Waals surface area contributed by atoms with E-state index in [1.165, 1.54) is 18.4 Å². The third kappa shape index (κ3) is 4.29. The molecule has 0 fully saturated rings. The molecule has 0 atom stereocenters. The summed E-state index contributed by atoms with van der Waals surface area (Å²) in [6, 6.07) is 3.58. The van der Waals surface area contributed by atoms with Gasteiger partial charge in [-0.15, -0.1) is 16.4 Å². The van der Waals surface area contributed by atoms with Crippen LogP contribution in [0.5, 0.6) is 0 Å². The van der Waals surface area contributed by atoms with Gasteiger partial charge in [0.2, 0.25) is 5.91 Å². The lowest BCUT2D eigenvalue weighted by Crippen LogP contribution is -2.32. The molecule has 0 unspecified atom stereocenters. The maximum Gasteiger partial charge on any atom is 0.437 e.